The van der Waals surface area contributed by atoms with Gasteiger partial charge in [0, 0.05) is 6.42 Å². The fraction of sp³-hybridized carbons (Fsp3) is 0.724. The van der Waals surface area contributed by atoms with E-state index in [1.165, 1.54) is 135 Å². The van der Waals surface area contributed by atoms with Crippen LogP contribution in [0.3, 0.4) is 0 Å². The van der Waals surface area contributed by atoms with E-state index >= 15 is 0 Å². The molecule has 12 unspecified atom stereocenters. The number of aliphatic hydroxyl groups is 8. The topological polar surface area (TPSA) is 228 Å². The molecule has 14 nitrogen and oxygen atoms in total. The zero-order valence-electron chi connectivity index (χ0n) is 56.1. The van der Waals surface area contributed by atoms with Crippen LogP contribution in [0, 0.1) is 0 Å². The molecule has 2 aliphatic heterocycles. The highest BCUT2D eigenvalue weighted by atomic mass is 16.7. The molecule has 0 aromatic heterocycles. The fourth-order valence-electron chi connectivity index (χ4n) is 11.0. The smallest absolute Gasteiger partial charge is 0.220 e. The maximum atomic E-state index is 13.3. The van der Waals surface area contributed by atoms with Gasteiger partial charge in [0.1, 0.15) is 48.8 Å². The second kappa shape index (κ2) is 59.2. The van der Waals surface area contributed by atoms with Gasteiger partial charge in [0.2, 0.25) is 5.91 Å². The summed E-state index contributed by atoms with van der Waals surface area (Å²) in [5, 5.41) is 87.4. The Bertz CT molecular complexity index is 1980. The molecule has 2 fully saturated rings. The maximum absolute atomic E-state index is 13.3. The summed E-state index contributed by atoms with van der Waals surface area (Å²) in [6, 6.07) is -0.945. The van der Waals surface area contributed by atoms with Gasteiger partial charge in [0.15, 0.2) is 12.6 Å². The van der Waals surface area contributed by atoms with E-state index in [1.54, 1.807) is 6.08 Å². The van der Waals surface area contributed by atoms with Crippen LogP contribution in [-0.4, -0.2) is 140 Å². The summed E-state index contributed by atoms with van der Waals surface area (Å²) in [5.74, 6) is -0.256. The van der Waals surface area contributed by atoms with Crippen LogP contribution >= 0.6 is 0 Å². The Hall–Kier alpha value is -3.61. The van der Waals surface area contributed by atoms with Crippen molar-refractivity contribution in [3.05, 3.63) is 122 Å². The van der Waals surface area contributed by atoms with Gasteiger partial charge in [-0.05, 0) is 103 Å². The van der Waals surface area contributed by atoms with Crippen LogP contribution in [0.1, 0.15) is 258 Å². The highest BCUT2D eigenvalue weighted by molar-refractivity contribution is 5.76. The van der Waals surface area contributed by atoms with Gasteiger partial charge in [-0.25, -0.2) is 0 Å². The van der Waals surface area contributed by atoms with Crippen LogP contribution < -0.4 is 5.32 Å². The average molecular weight is 1260 g/mol. The van der Waals surface area contributed by atoms with Crippen molar-refractivity contribution in [1.82, 2.24) is 5.32 Å². The molecule has 0 bridgehead atoms. The molecule has 2 aliphatic rings. The fourth-order valence-corrected chi connectivity index (χ4v) is 11.0. The summed E-state index contributed by atoms with van der Waals surface area (Å²) >= 11 is 0. The minimum Gasteiger partial charge on any atom is -0.394 e. The van der Waals surface area contributed by atoms with E-state index in [1.807, 2.05) is 6.08 Å². The highest BCUT2D eigenvalue weighted by Gasteiger charge is 2.51. The van der Waals surface area contributed by atoms with E-state index in [4.69, 9.17) is 18.9 Å². The molecule has 0 radical (unpaired) electrons. The van der Waals surface area contributed by atoms with Crippen LogP contribution in [0.2, 0.25) is 0 Å². The molecule has 2 saturated heterocycles. The number of unbranched alkanes of at least 4 members (excludes halogenated alkanes) is 26. The molecule has 12 atom stereocenters. The number of amides is 1. The quantitative estimate of drug-likeness (QED) is 0.0204. The van der Waals surface area contributed by atoms with Gasteiger partial charge in [-0.15, -0.1) is 0 Å². The number of carbonyl (C=O) groups is 1. The highest BCUT2D eigenvalue weighted by Crippen LogP contribution is 2.30. The predicted octanol–water partition coefficient (Wildman–Crippen LogP) is 14.9. The number of allylic oxidation sites excluding steroid dienone is 19. The molecule has 9 N–H and O–H groups in total. The van der Waals surface area contributed by atoms with Crippen molar-refractivity contribution < 1.29 is 64.6 Å². The Morgan fingerprint density at radius 1 is 0.411 bits per heavy atom. The summed E-state index contributed by atoms with van der Waals surface area (Å²) in [4.78, 5) is 13.3. The second-order valence-corrected chi connectivity index (χ2v) is 24.6. The van der Waals surface area contributed by atoms with E-state index < -0.39 is 86.8 Å². The molecule has 516 valence electrons. The third kappa shape index (κ3) is 42.6. The number of carbonyl (C=O) groups excluding carboxylic acids is 1. The number of rotatable bonds is 57. The maximum Gasteiger partial charge on any atom is 0.220 e. The largest absolute Gasteiger partial charge is 0.394 e. The van der Waals surface area contributed by atoms with Crippen molar-refractivity contribution >= 4 is 5.91 Å². The molecule has 0 aromatic rings. The number of aliphatic hydroxyl groups excluding tert-OH is 8. The summed E-state index contributed by atoms with van der Waals surface area (Å²) in [5.41, 5.74) is 0. The van der Waals surface area contributed by atoms with Crippen molar-refractivity contribution in [3.8, 4) is 0 Å². The molecule has 0 saturated carbocycles. The van der Waals surface area contributed by atoms with Crippen LogP contribution in [0.25, 0.3) is 0 Å². The van der Waals surface area contributed by atoms with Crippen molar-refractivity contribution in [1.29, 1.82) is 0 Å². The lowest BCUT2D eigenvalue weighted by Gasteiger charge is -2.46. The molecule has 90 heavy (non-hydrogen) atoms. The number of hydrogen-bond donors (Lipinski definition) is 9. The van der Waals surface area contributed by atoms with Gasteiger partial charge in [0.05, 0.1) is 32.0 Å². The SMILES string of the molecule is CC/C=C\C/C=C\C/C=C\C/C=C\C/C=C\C/C=C\C/C=C\CCCCCCCCCCCCCCCCCC(=O)NC(COC1OC(CO)C(OC2OC(CO)C(O)C(O)C2O)C(O)C1O)C(O)/C=C/CC/C=C/CC/C=C/CCCCCCCCCCC. The third-order valence-corrected chi connectivity index (χ3v) is 16.6. The van der Waals surface area contributed by atoms with Crippen LogP contribution in [0.4, 0.5) is 0 Å². The second-order valence-electron chi connectivity index (χ2n) is 24.6. The number of ether oxygens (including phenoxy) is 4. The molecule has 0 spiro atoms. The van der Waals surface area contributed by atoms with Crippen molar-refractivity contribution in [2.75, 3.05) is 19.8 Å². The Morgan fingerprint density at radius 3 is 1.22 bits per heavy atom. The molecule has 2 rings (SSSR count). The van der Waals surface area contributed by atoms with Gasteiger partial charge >= 0.3 is 0 Å². The van der Waals surface area contributed by atoms with E-state index in [-0.39, 0.29) is 18.9 Å². The Morgan fingerprint density at radius 2 is 0.778 bits per heavy atom. The first-order valence-corrected chi connectivity index (χ1v) is 35.8. The van der Waals surface area contributed by atoms with E-state index in [2.05, 4.69) is 129 Å². The zero-order chi connectivity index (χ0) is 65.2. The van der Waals surface area contributed by atoms with E-state index in [0.717, 1.165) is 89.9 Å². The lowest BCUT2D eigenvalue weighted by molar-refractivity contribution is -0.359. The van der Waals surface area contributed by atoms with Crippen molar-refractivity contribution in [2.45, 2.75) is 331 Å². The average Bonchev–Trinajstić information content (AvgIpc) is 1.58. The van der Waals surface area contributed by atoms with Crippen LogP contribution in [0.5, 0.6) is 0 Å². The number of nitrogens with one attached hydrogen (secondary N) is 1. The van der Waals surface area contributed by atoms with Gasteiger partial charge in [0.25, 0.3) is 0 Å². The van der Waals surface area contributed by atoms with Crippen LogP contribution in [-0.2, 0) is 23.7 Å². The van der Waals surface area contributed by atoms with Crippen LogP contribution in [0.15, 0.2) is 122 Å². The molecule has 14 heteroatoms. The normalized spacial score (nSPS) is 23.7. The summed E-state index contributed by atoms with van der Waals surface area (Å²) < 4.78 is 22.8. The molecule has 0 aliphatic carbocycles. The monoisotopic (exact) mass is 1260 g/mol. The Labute approximate surface area is 546 Å². The van der Waals surface area contributed by atoms with Crippen molar-refractivity contribution in [2.24, 2.45) is 0 Å². The molecular weight excluding hydrogens is 1130 g/mol. The van der Waals surface area contributed by atoms with Gasteiger partial charge < -0.3 is 65.1 Å². The van der Waals surface area contributed by atoms with Crippen molar-refractivity contribution in [3.63, 3.8) is 0 Å². The Kier molecular flexibility index (Phi) is 54.2. The van der Waals surface area contributed by atoms with Gasteiger partial charge in [-0.2, -0.15) is 0 Å². The third-order valence-electron chi connectivity index (χ3n) is 16.6. The van der Waals surface area contributed by atoms with E-state index in [9.17, 15) is 45.6 Å². The minimum atomic E-state index is -1.80. The van der Waals surface area contributed by atoms with Gasteiger partial charge in [-0.3, -0.25) is 4.79 Å². The van der Waals surface area contributed by atoms with E-state index in [0.29, 0.717) is 12.8 Å². The first-order chi connectivity index (χ1) is 44.1. The number of hydrogen-bond acceptors (Lipinski definition) is 13. The Balaban J connectivity index is 1.65. The predicted molar refractivity (Wildman–Crippen MR) is 368 cm³/mol. The van der Waals surface area contributed by atoms with Gasteiger partial charge in [-0.1, -0.05) is 270 Å². The molecular formula is C76H129NO13. The standard InChI is InChI=1S/C76H129NO13/c1-3-5-7-9-11-13-15-17-19-21-23-24-25-26-27-28-29-30-31-32-33-34-35-36-37-38-39-40-42-44-46-48-50-52-54-56-58-60-68(81)77-64(65(80)59-57-55-53-51-49-47-45-43-41-22-20-18-16-14-12-10-8-6-4-2)63-87-75-73(86)71(84)74(67(62-79)89-75)90-76-72(85)70(83)69(82)66(61-78)88-76/h5,7,11,13,17,19,23-24,26-27,29-30,32-33,41,43,49,51,57,59,64-67,69-76,78-80,82-86H,3-4,6,8-10,12,14-16,18,20-22,25,28,31,34-40,42,44-48,50,52-56,58,60-63H2,1-2H3,(H,77,81)/b7-5-,13-11-,19-17-,24-23-,27-26-,30-29-,33-32-,43-41+,51-49+,59-57+. The minimum absolute atomic E-state index is 0.256. The first-order valence-electron chi connectivity index (χ1n) is 35.8. The summed E-state index contributed by atoms with van der Waals surface area (Å²) in [7, 11) is 0. The zero-order valence-corrected chi connectivity index (χ0v) is 56.1. The molecule has 1 amide bonds. The first kappa shape index (κ1) is 82.5. The molecule has 0 aromatic carbocycles. The molecule has 2 heterocycles. The lowest BCUT2D eigenvalue weighted by Crippen LogP contribution is -2.65. The lowest BCUT2D eigenvalue weighted by atomic mass is 9.97. The summed E-state index contributed by atoms with van der Waals surface area (Å²) in [6.45, 7) is 2.66. The summed E-state index contributed by atoms with van der Waals surface area (Å²) in [6.07, 6.45) is 69.7.